The molecule has 27 heavy (non-hydrogen) atoms. The number of anilines is 4. The minimum absolute atomic E-state index is 0.443. The maximum atomic E-state index is 6.15. The number of hydrogen-bond donors (Lipinski definition) is 2. The predicted octanol–water partition coefficient (Wildman–Crippen LogP) is 4.40. The van der Waals surface area contributed by atoms with Crippen molar-refractivity contribution in [2.24, 2.45) is 0 Å². The molecule has 138 valence electrons. The molecule has 0 fully saturated rings. The van der Waals surface area contributed by atoms with Crippen LogP contribution in [0.3, 0.4) is 0 Å². The van der Waals surface area contributed by atoms with Crippen molar-refractivity contribution in [3.05, 3.63) is 53.7 Å². The lowest BCUT2D eigenvalue weighted by Crippen LogP contribution is -2.15. The first-order chi connectivity index (χ1) is 13.2. The molecule has 0 saturated heterocycles. The zero-order valence-electron chi connectivity index (χ0n) is 14.5. The fraction of sp³-hybridized carbons (Fsp3) is 0.158. The molecular formula is C19H17ClN4O3. The maximum Gasteiger partial charge on any atom is 0.229 e. The van der Waals surface area contributed by atoms with Gasteiger partial charge in [-0.25, -0.2) is 4.98 Å². The Morgan fingerprint density at radius 3 is 2.56 bits per heavy atom. The number of nitrogens with zero attached hydrogens (tertiary/aromatic N) is 2. The molecule has 0 atom stereocenters. The molecule has 0 spiro atoms. The van der Waals surface area contributed by atoms with E-state index in [0.717, 1.165) is 17.1 Å². The minimum atomic E-state index is 0.443. The van der Waals surface area contributed by atoms with E-state index in [0.29, 0.717) is 41.5 Å². The first kappa shape index (κ1) is 17.2. The molecular weight excluding hydrogens is 368 g/mol. The summed E-state index contributed by atoms with van der Waals surface area (Å²) in [6, 6.07) is 12.8. The van der Waals surface area contributed by atoms with Crippen molar-refractivity contribution < 1.29 is 14.2 Å². The first-order valence-corrected chi connectivity index (χ1v) is 8.69. The molecule has 0 unspecified atom stereocenters. The highest BCUT2D eigenvalue weighted by Crippen LogP contribution is 2.33. The fourth-order valence-corrected chi connectivity index (χ4v) is 2.89. The Hall–Kier alpha value is -3.19. The zero-order chi connectivity index (χ0) is 18.6. The number of aromatic nitrogens is 2. The van der Waals surface area contributed by atoms with Crippen molar-refractivity contribution in [2.75, 3.05) is 31.0 Å². The van der Waals surface area contributed by atoms with Crippen molar-refractivity contribution >= 4 is 34.7 Å². The number of rotatable bonds is 5. The Bertz CT molecular complexity index is 967. The lowest BCUT2D eigenvalue weighted by molar-refractivity contribution is 0.171. The monoisotopic (exact) mass is 384 g/mol. The van der Waals surface area contributed by atoms with Gasteiger partial charge in [-0.15, -0.1) is 0 Å². The van der Waals surface area contributed by atoms with Crippen LogP contribution in [-0.2, 0) is 0 Å². The molecule has 1 aromatic heterocycles. The molecule has 0 bridgehead atoms. The summed E-state index contributed by atoms with van der Waals surface area (Å²) in [7, 11) is 1.57. The fourth-order valence-electron chi connectivity index (χ4n) is 2.63. The number of halogens is 1. The summed E-state index contributed by atoms with van der Waals surface area (Å²) in [5, 5.41) is 6.87. The highest BCUT2D eigenvalue weighted by molar-refractivity contribution is 6.32. The second kappa shape index (κ2) is 7.59. The largest absolute Gasteiger partial charge is 0.495 e. The molecule has 2 N–H and O–H groups in total. The molecule has 3 aromatic rings. The van der Waals surface area contributed by atoms with Crippen LogP contribution >= 0.6 is 11.6 Å². The molecule has 2 heterocycles. The van der Waals surface area contributed by atoms with Gasteiger partial charge in [-0.3, -0.25) is 0 Å². The van der Waals surface area contributed by atoms with Crippen molar-refractivity contribution in [1.29, 1.82) is 0 Å². The van der Waals surface area contributed by atoms with Gasteiger partial charge in [-0.2, -0.15) is 4.98 Å². The van der Waals surface area contributed by atoms with E-state index < -0.39 is 0 Å². The molecule has 1 aliphatic heterocycles. The highest BCUT2D eigenvalue weighted by Gasteiger charge is 2.12. The zero-order valence-corrected chi connectivity index (χ0v) is 15.3. The summed E-state index contributed by atoms with van der Waals surface area (Å²) in [6.07, 6.45) is 1.67. The molecule has 0 saturated carbocycles. The standard InChI is InChI=1S/C19H17ClN4O3/c1-25-15-4-2-12(10-14(15)20)23-19-21-7-6-18(24-19)22-13-3-5-16-17(11-13)27-9-8-26-16/h2-7,10-11H,8-9H2,1H3,(H2,21,22,23,24). The quantitative estimate of drug-likeness (QED) is 0.675. The minimum Gasteiger partial charge on any atom is -0.495 e. The normalized spacial score (nSPS) is 12.4. The van der Waals surface area contributed by atoms with Crippen LogP contribution in [0.2, 0.25) is 5.02 Å². The van der Waals surface area contributed by atoms with Gasteiger partial charge in [0.05, 0.1) is 12.1 Å². The topological polar surface area (TPSA) is 77.5 Å². The van der Waals surface area contributed by atoms with Crippen LogP contribution in [0, 0.1) is 0 Å². The van der Waals surface area contributed by atoms with Gasteiger partial charge in [0.15, 0.2) is 11.5 Å². The summed E-state index contributed by atoms with van der Waals surface area (Å²) < 4.78 is 16.3. The Balaban J connectivity index is 1.50. The van der Waals surface area contributed by atoms with Crippen LogP contribution in [0.4, 0.5) is 23.1 Å². The van der Waals surface area contributed by atoms with Gasteiger partial charge in [0, 0.05) is 23.6 Å². The molecule has 0 radical (unpaired) electrons. The summed E-state index contributed by atoms with van der Waals surface area (Å²) in [4.78, 5) is 8.71. The average molecular weight is 385 g/mol. The van der Waals surface area contributed by atoms with Gasteiger partial charge in [-0.05, 0) is 36.4 Å². The third kappa shape index (κ3) is 3.98. The second-order valence-corrected chi connectivity index (χ2v) is 6.13. The Labute approximate surface area is 161 Å². The molecule has 7 nitrogen and oxygen atoms in total. The Morgan fingerprint density at radius 1 is 0.963 bits per heavy atom. The van der Waals surface area contributed by atoms with E-state index in [2.05, 4.69) is 20.6 Å². The van der Waals surface area contributed by atoms with Crippen LogP contribution in [0.25, 0.3) is 0 Å². The summed E-state index contributed by atoms with van der Waals surface area (Å²) >= 11 is 6.15. The molecule has 0 amide bonds. The summed E-state index contributed by atoms with van der Waals surface area (Å²) in [5.41, 5.74) is 1.61. The number of fused-ring (bicyclic) bond motifs is 1. The van der Waals surface area contributed by atoms with Gasteiger partial charge in [-0.1, -0.05) is 11.6 Å². The van der Waals surface area contributed by atoms with Crippen LogP contribution in [-0.4, -0.2) is 30.3 Å². The van der Waals surface area contributed by atoms with Crippen LogP contribution < -0.4 is 24.8 Å². The van der Waals surface area contributed by atoms with Crippen molar-refractivity contribution in [3.8, 4) is 17.2 Å². The van der Waals surface area contributed by atoms with E-state index in [1.165, 1.54) is 0 Å². The van der Waals surface area contributed by atoms with Crippen LogP contribution in [0.1, 0.15) is 0 Å². The number of hydrogen-bond acceptors (Lipinski definition) is 7. The van der Waals surface area contributed by atoms with E-state index >= 15 is 0 Å². The number of benzene rings is 2. The third-order valence-electron chi connectivity index (χ3n) is 3.88. The van der Waals surface area contributed by atoms with Crippen molar-refractivity contribution in [3.63, 3.8) is 0 Å². The van der Waals surface area contributed by atoms with E-state index in [1.54, 1.807) is 31.5 Å². The molecule has 8 heteroatoms. The Morgan fingerprint density at radius 2 is 1.74 bits per heavy atom. The van der Waals surface area contributed by atoms with Gasteiger partial charge >= 0.3 is 0 Å². The molecule has 4 rings (SSSR count). The average Bonchev–Trinajstić information content (AvgIpc) is 2.68. The molecule has 1 aliphatic rings. The summed E-state index contributed by atoms with van der Waals surface area (Å²) in [5.74, 6) is 3.15. The highest BCUT2D eigenvalue weighted by atomic mass is 35.5. The molecule has 2 aromatic carbocycles. The van der Waals surface area contributed by atoms with Crippen molar-refractivity contribution in [1.82, 2.24) is 9.97 Å². The van der Waals surface area contributed by atoms with Gasteiger partial charge < -0.3 is 24.8 Å². The SMILES string of the molecule is COc1ccc(Nc2nccc(Nc3ccc4c(c3)OCCO4)n2)cc1Cl. The third-order valence-corrected chi connectivity index (χ3v) is 4.17. The first-order valence-electron chi connectivity index (χ1n) is 8.31. The number of nitrogens with one attached hydrogen (secondary N) is 2. The maximum absolute atomic E-state index is 6.15. The second-order valence-electron chi connectivity index (χ2n) is 5.72. The molecule has 0 aliphatic carbocycles. The van der Waals surface area contributed by atoms with E-state index in [-0.39, 0.29) is 0 Å². The van der Waals surface area contributed by atoms with Crippen LogP contribution in [0.5, 0.6) is 17.2 Å². The van der Waals surface area contributed by atoms with Crippen LogP contribution in [0.15, 0.2) is 48.7 Å². The smallest absolute Gasteiger partial charge is 0.229 e. The van der Waals surface area contributed by atoms with E-state index in [1.807, 2.05) is 24.3 Å². The lowest BCUT2D eigenvalue weighted by Gasteiger charge is -2.19. The number of ether oxygens (including phenoxy) is 3. The van der Waals surface area contributed by atoms with Gasteiger partial charge in [0.1, 0.15) is 24.8 Å². The van der Waals surface area contributed by atoms with Gasteiger partial charge in [0.2, 0.25) is 5.95 Å². The predicted molar refractivity (Wildman–Crippen MR) is 104 cm³/mol. The summed E-state index contributed by atoms with van der Waals surface area (Å²) in [6.45, 7) is 1.11. The van der Waals surface area contributed by atoms with E-state index in [4.69, 9.17) is 25.8 Å². The number of methoxy groups -OCH3 is 1. The van der Waals surface area contributed by atoms with Crippen molar-refractivity contribution in [2.45, 2.75) is 0 Å². The lowest BCUT2D eigenvalue weighted by atomic mass is 10.2. The van der Waals surface area contributed by atoms with Gasteiger partial charge in [0.25, 0.3) is 0 Å². The van der Waals surface area contributed by atoms with E-state index in [9.17, 15) is 0 Å². The Kier molecular flexibility index (Phi) is 4.84.